The summed E-state index contributed by atoms with van der Waals surface area (Å²) in [5, 5.41) is 15.4. The molecular formula is C27H33N3O3. The number of amides is 2. The van der Waals surface area contributed by atoms with E-state index in [9.17, 15) is 14.7 Å². The van der Waals surface area contributed by atoms with Crippen molar-refractivity contribution in [1.29, 1.82) is 0 Å². The van der Waals surface area contributed by atoms with Crippen molar-refractivity contribution in [2.45, 2.75) is 64.0 Å². The van der Waals surface area contributed by atoms with Gasteiger partial charge in [0.2, 0.25) is 5.91 Å². The van der Waals surface area contributed by atoms with Gasteiger partial charge in [-0.1, -0.05) is 30.3 Å². The topological polar surface area (TPSA) is 91.3 Å². The Kier molecular flexibility index (Phi) is 7.23. The maximum absolute atomic E-state index is 12.7. The fourth-order valence-corrected chi connectivity index (χ4v) is 4.89. The molecule has 1 fully saturated rings. The summed E-state index contributed by atoms with van der Waals surface area (Å²) in [4.78, 5) is 28.7. The third kappa shape index (κ3) is 5.50. The molecule has 1 aromatic carbocycles. The van der Waals surface area contributed by atoms with Crippen LogP contribution in [0.5, 0.6) is 0 Å². The first kappa shape index (κ1) is 23.2. The lowest BCUT2D eigenvalue weighted by Crippen LogP contribution is -2.41. The molecular weight excluding hydrogens is 414 g/mol. The van der Waals surface area contributed by atoms with Crippen LogP contribution in [0.4, 0.5) is 0 Å². The van der Waals surface area contributed by atoms with Gasteiger partial charge >= 0.3 is 0 Å². The molecule has 0 radical (unpaired) electrons. The number of allylic oxidation sites excluding steroid dienone is 2. The molecule has 6 heteroatoms. The van der Waals surface area contributed by atoms with E-state index < -0.39 is 0 Å². The number of hydrogen-bond donors (Lipinski definition) is 3. The van der Waals surface area contributed by atoms with Crippen LogP contribution in [0.1, 0.15) is 66.6 Å². The molecule has 33 heavy (non-hydrogen) atoms. The number of nitrogens with zero attached hydrogens (tertiary/aromatic N) is 1. The van der Waals surface area contributed by atoms with Crippen LogP contribution in [-0.4, -0.2) is 41.1 Å². The molecule has 0 saturated heterocycles. The van der Waals surface area contributed by atoms with Gasteiger partial charge in [0.05, 0.1) is 6.10 Å². The zero-order valence-corrected chi connectivity index (χ0v) is 19.4. The molecule has 1 saturated carbocycles. The Balaban J connectivity index is 1.39. The second kappa shape index (κ2) is 10.3. The SMILES string of the molecule is CNC(=O)c1ccc(-c2ccc(C3=CCC(C(=O)N[C@H]4CC[C@@H](O)CC4)CC3)c(C)c2)cn1. The molecule has 1 aromatic heterocycles. The van der Waals surface area contributed by atoms with Gasteiger partial charge in [-0.2, -0.15) is 0 Å². The van der Waals surface area contributed by atoms with E-state index in [0.29, 0.717) is 5.69 Å². The molecule has 3 N–H and O–H groups in total. The molecule has 6 nitrogen and oxygen atoms in total. The number of aryl methyl sites for hydroxylation is 1. The van der Waals surface area contributed by atoms with Crippen LogP contribution in [0.15, 0.2) is 42.6 Å². The summed E-state index contributed by atoms with van der Waals surface area (Å²) in [5.41, 5.74) is 6.17. The molecule has 0 bridgehead atoms. The van der Waals surface area contributed by atoms with Crippen LogP contribution in [-0.2, 0) is 4.79 Å². The van der Waals surface area contributed by atoms with Gasteiger partial charge in [0, 0.05) is 30.8 Å². The van der Waals surface area contributed by atoms with Crippen molar-refractivity contribution in [2.24, 2.45) is 5.92 Å². The van der Waals surface area contributed by atoms with Crippen LogP contribution >= 0.6 is 0 Å². The summed E-state index contributed by atoms with van der Waals surface area (Å²) in [5.74, 6) is -0.00149. The highest BCUT2D eigenvalue weighted by molar-refractivity contribution is 5.92. The van der Waals surface area contributed by atoms with E-state index in [1.54, 1.807) is 19.3 Å². The second-order valence-corrected chi connectivity index (χ2v) is 9.26. The monoisotopic (exact) mass is 447 g/mol. The lowest BCUT2D eigenvalue weighted by molar-refractivity contribution is -0.126. The van der Waals surface area contributed by atoms with Crippen LogP contribution < -0.4 is 10.6 Å². The summed E-state index contributed by atoms with van der Waals surface area (Å²) < 4.78 is 0. The fourth-order valence-electron chi connectivity index (χ4n) is 4.89. The summed E-state index contributed by atoms with van der Waals surface area (Å²) in [7, 11) is 1.59. The predicted octanol–water partition coefficient (Wildman–Crippen LogP) is 4.02. The van der Waals surface area contributed by atoms with Gasteiger partial charge in [0.25, 0.3) is 5.91 Å². The molecule has 2 aliphatic rings. The van der Waals surface area contributed by atoms with Crippen molar-refractivity contribution in [1.82, 2.24) is 15.6 Å². The Morgan fingerprint density at radius 2 is 1.79 bits per heavy atom. The fraction of sp³-hybridized carbons (Fsp3) is 0.444. The largest absolute Gasteiger partial charge is 0.393 e. The maximum atomic E-state index is 12.7. The molecule has 0 aliphatic heterocycles. The van der Waals surface area contributed by atoms with Crippen LogP contribution in [0.3, 0.4) is 0 Å². The van der Waals surface area contributed by atoms with E-state index in [0.717, 1.165) is 56.1 Å². The van der Waals surface area contributed by atoms with Gasteiger partial charge in [-0.25, -0.2) is 0 Å². The predicted molar refractivity (Wildman–Crippen MR) is 130 cm³/mol. The van der Waals surface area contributed by atoms with Crippen molar-refractivity contribution >= 4 is 17.4 Å². The van der Waals surface area contributed by atoms with Crippen LogP contribution in [0, 0.1) is 12.8 Å². The number of aromatic nitrogens is 1. The Bertz CT molecular complexity index is 1040. The average molecular weight is 448 g/mol. The number of rotatable bonds is 5. The molecule has 1 heterocycles. The number of carbonyl (C=O) groups is 2. The van der Waals surface area contributed by atoms with Gasteiger partial charge in [0.15, 0.2) is 0 Å². The molecule has 174 valence electrons. The number of aliphatic hydroxyl groups is 1. The Morgan fingerprint density at radius 3 is 2.39 bits per heavy atom. The zero-order chi connectivity index (χ0) is 23.4. The standard InChI is InChI=1S/C27H33N3O3/c1-17-15-20(21-8-14-25(29-16-21)27(33)28-2)7-13-24(17)18-3-5-19(6-4-18)26(32)30-22-9-11-23(31)12-10-22/h3,7-8,13-16,19,22-23,31H,4-6,9-12H2,1-2H3,(H,28,33)(H,30,32)/t19?,22-,23+. The zero-order valence-electron chi connectivity index (χ0n) is 19.4. The lowest BCUT2D eigenvalue weighted by atomic mass is 9.84. The average Bonchev–Trinajstić information content (AvgIpc) is 2.85. The first-order valence-electron chi connectivity index (χ1n) is 11.9. The quantitative estimate of drug-likeness (QED) is 0.646. The number of pyridine rings is 1. The third-order valence-electron chi connectivity index (χ3n) is 6.95. The van der Waals surface area contributed by atoms with Crippen LogP contribution in [0.25, 0.3) is 16.7 Å². The van der Waals surface area contributed by atoms with E-state index in [-0.39, 0.29) is 29.9 Å². The van der Waals surface area contributed by atoms with Crippen molar-refractivity contribution < 1.29 is 14.7 Å². The molecule has 2 aromatic rings. The van der Waals surface area contributed by atoms with E-state index >= 15 is 0 Å². The number of carbonyl (C=O) groups excluding carboxylic acids is 2. The highest BCUT2D eigenvalue weighted by Crippen LogP contribution is 2.34. The summed E-state index contributed by atoms with van der Waals surface area (Å²) in [6, 6.07) is 10.3. The van der Waals surface area contributed by atoms with Gasteiger partial charge < -0.3 is 15.7 Å². The lowest BCUT2D eigenvalue weighted by Gasteiger charge is -2.29. The summed E-state index contributed by atoms with van der Waals surface area (Å²) in [6.45, 7) is 2.11. The number of benzene rings is 1. The maximum Gasteiger partial charge on any atom is 0.269 e. The van der Waals surface area contributed by atoms with Crippen molar-refractivity contribution in [3.05, 3.63) is 59.4 Å². The highest BCUT2D eigenvalue weighted by atomic mass is 16.3. The number of nitrogens with one attached hydrogen (secondary N) is 2. The van der Waals surface area contributed by atoms with Gasteiger partial charge in [-0.15, -0.1) is 0 Å². The van der Waals surface area contributed by atoms with E-state index in [4.69, 9.17) is 0 Å². The summed E-state index contributed by atoms with van der Waals surface area (Å²) in [6.07, 6.45) is 9.58. The van der Waals surface area contributed by atoms with Gasteiger partial charge in [0.1, 0.15) is 5.69 Å². The first-order chi connectivity index (χ1) is 15.9. The molecule has 1 atom stereocenters. The molecule has 0 spiro atoms. The summed E-state index contributed by atoms with van der Waals surface area (Å²) >= 11 is 0. The van der Waals surface area contributed by atoms with E-state index in [1.165, 1.54) is 16.7 Å². The molecule has 4 rings (SSSR count). The number of hydrogen-bond acceptors (Lipinski definition) is 4. The minimum absolute atomic E-state index is 0.0325. The minimum Gasteiger partial charge on any atom is -0.393 e. The van der Waals surface area contributed by atoms with Crippen molar-refractivity contribution in [2.75, 3.05) is 7.05 Å². The molecule has 2 aliphatic carbocycles. The second-order valence-electron chi connectivity index (χ2n) is 9.26. The highest BCUT2D eigenvalue weighted by Gasteiger charge is 2.26. The Labute approximate surface area is 195 Å². The number of aliphatic hydroxyl groups excluding tert-OH is 1. The normalized spacial score (nSPS) is 22.9. The Hall–Kier alpha value is -2.99. The Morgan fingerprint density at radius 1 is 1.03 bits per heavy atom. The van der Waals surface area contributed by atoms with Crippen molar-refractivity contribution in [3.63, 3.8) is 0 Å². The third-order valence-corrected chi connectivity index (χ3v) is 6.95. The smallest absolute Gasteiger partial charge is 0.269 e. The first-order valence-corrected chi connectivity index (χ1v) is 11.9. The van der Waals surface area contributed by atoms with E-state index in [1.807, 2.05) is 6.07 Å². The van der Waals surface area contributed by atoms with Crippen LogP contribution in [0.2, 0.25) is 0 Å². The van der Waals surface area contributed by atoms with Crippen molar-refractivity contribution in [3.8, 4) is 11.1 Å². The van der Waals surface area contributed by atoms with Gasteiger partial charge in [-0.05, 0) is 80.2 Å². The van der Waals surface area contributed by atoms with Gasteiger partial charge in [-0.3, -0.25) is 14.6 Å². The minimum atomic E-state index is -0.203. The van der Waals surface area contributed by atoms with E-state index in [2.05, 4.69) is 46.8 Å². The molecule has 2 amide bonds. The molecule has 1 unspecified atom stereocenters.